The normalized spacial score (nSPS) is 16.7. The van der Waals surface area contributed by atoms with Gasteiger partial charge in [0.05, 0.1) is 28.2 Å². The second-order valence-electron chi connectivity index (χ2n) is 7.48. The van der Waals surface area contributed by atoms with Gasteiger partial charge in [-0.25, -0.2) is 9.88 Å². The number of imide groups is 1. The summed E-state index contributed by atoms with van der Waals surface area (Å²) in [6, 6.07) is 14.7. The third-order valence-corrected chi connectivity index (χ3v) is 5.56. The fourth-order valence-electron chi connectivity index (χ4n) is 4.09. The maximum atomic E-state index is 13.2. The number of carbonyl (C=O) groups is 2. The summed E-state index contributed by atoms with van der Waals surface area (Å²) in [5.74, 6) is -1.19. The molecule has 2 amide bonds. The van der Waals surface area contributed by atoms with Crippen LogP contribution in [0.2, 0.25) is 0 Å². The number of aromatic amines is 2. The van der Waals surface area contributed by atoms with Gasteiger partial charge in [0.2, 0.25) is 17.8 Å². The molecule has 8 heteroatoms. The van der Waals surface area contributed by atoms with Crippen LogP contribution in [0.4, 0.5) is 5.69 Å². The zero-order valence-corrected chi connectivity index (χ0v) is 16.5. The number of imidazole rings is 1. The van der Waals surface area contributed by atoms with Gasteiger partial charge in [-0.3, -0.25) is 19.5 Å². The van der Waals surface area contributed by atoms with Crippen LogP contribution >= 0.6 is 0 Å². The van der Waals surface area contributed by atoms with Gasteiger partial charge in [0.25, 0.3) is 5.56 Å². The van der Waals surface area contributed by atoms with Gasteiger partial charge in [0.15, 0.2) is 0 Å². The lowest BCUT2D eigenvalue weighted by atomic mass is 9.98. The molecule has 0 spiro atoms. The van der Waals surface area contributed by atoms with E-state index in [-0.39, 0.29) is 23.8 Å². The number of aromatic nitrogens is 4. The Bertz CT molecular complexity index is 1340. The molecule has 0 bridgehead atoms. The first-order valence-electron chi connectivity index (χ1n) is 9.65. The van der Waals surface area contributed by atoms with E-state index >= 15 is 0 Å². The van der Waals surface area contributed by atoms with Gasteiger partial charge in [-0.15, -0.1) is 0 Å². The van der Waals surface area contributed by atoms with Gasteiger partial charge in [-0.05, 0) is 37.6 Å². The van der Waals surface area contributed by atoms with Crippen LogP contribution in [-0.2, 0) is 9.59 Å². The lowest BCUT2D eigenvalue weighted by molar-refractivity contribution is -0.121. The second kappa shape index (κ2) is 6.55. The molecule has 150 valence electrons. The van der Waals surface area contributed by atoms with Crippen molar-refractivity contribution in [1.82, 2.24) is 19.7 Å². The van der Waals surface area contributed by atoms with Gasteiger partial charge in [0, 0.05) is 12.1 Å². The zero-order valence-electron chi connectivity index (χ0n) is 16.5. The summed E-state index contributed by atoms with van der Waals surface area (Å²) in [4.78, 5) is 47.8. The Morgan fingerprint density at radius 3 is 2.50 bits per heavy atom. The van der Waals surface area contributed by atoms with Crippen LogP contribution in [0.1, 0.15) is 29.2 Å². The Hall–Kier alpha value is -3.94. The molecule has 0 radical (unpaired) electrons. The van der Waals surface area contributed by atoms with E-state index in [1.165, 1.54) is 9.58 Å². The minimum absolute atomic E-state index is 0.0404. The highest BCUT2D eigenvalue weighted by molar-refractivity contribution is 6.23. The standard InChI is InChI=1S/C22H19N5O3/c1-12-7-3-6-10-17(12)26-18(28)11-14(20(26)29)19-13(2)25-27(21(19)30)22-23-15-8-4-5-9-16(15)24-22/h3-10,14,25H,11H2,1-2H3,(H,23,24)/t14-/m1/s1. The summed E-state index contributed by atoms with van der Waals surface area (Å²) in [6.45, 7) is 3.57. The summed E-state index contributed by atoms with van der Waals surface area (Å²) in [5.41, 5.74) is 3.36. The van der Waals surface area contributed by atoms with Crippen molar-refractivity contribution in [2.45, 2.75) is 26.2 Å². The molecule has 5 rings (SSSR count). The average Bonchev–Trinajstić information content (AvgIpc) is 3.36. The van der Waals surface area contributed by atoms with Gasteiger partial charge in [-0.1, -0.05) is 30.3 Å². The summed E-state index contributed by atoms with van der Waals surface area (Å²) < 4.78 is 1.29. The van der Waals surface area contributed by atoms with Gasteiger partial charge < -0.3 is 4.98 Å². The number of nitrogens with one attached hydrogen (secondary N) is 2. The predicted molar refractivity (Wildman–Crippen MR) is 112 cm³/mol. The Morgan fingerprint density at radius 1 is 1.00 bits per heavy atom. The molecule has 2 aromatic carbocycles. The van der Waals surface area contributed by atoms with Gasteiger partial charge in [0.1, 0.15) is 0 Å². The van der Waals surface area contributed by atoms with Crippen LogP contribution in [0.3, 0.4) is 0 Å². The number of anilines is 1. The number of fused-ring (bicyclic) bond motifs is 1. The number of rotatable bonds is 3. The molecule has 1 aliphatic rings. The molecule has 2 N–H and O–H groups in total. The summed E-state index contributed by atoms with van der Waals surface area (Å²) >= 11 is 0. The van der Waals surface area contributed by atoms with Crippen molar-refractivity contribution < 1.29 is 9.59 Å². The Kier molecular flexibility index (Phi) is 3.95. The Balaban J connectivity index is 1.57. The SMILES string of the molecule is Cc1ccccc1N1C(=O)C[C@H](c2c(C)[nH]n(-c3nc4ccccc4[nH]3)c2=O)C1=O. The van der Waals surface area contributed by atoms with Crippen molar-refractivity contribution in [2.24, 2.45) is 0 Å². The van der Waals surface area contributed by atoms with Crippen molar-refractivity contribution >= 4 is 28.5 Å². The van der Waals surface area contributed by atoms with Crippen molar-refractivity contribution in [3.8, 4) is 5.95 Å². The molecule has 3 heterocycles. The zero-order chi connectivity index (χ0) is 21.0. The molecule has 30 heavy (non-hydrogen) atoms. The van der Waals surface area contributed by atoms with Crippen LogP contribution < -0.4 is 10.5 Å². The lowest BCUT2D eigenvalue weighted by Gasteiger charge is -2.17. The highest BCUT2D eigenvalue weighted by atomic mass is 16.2. The first-order valence-corrected chi connectivity index (χ1v) is 9.65. The Morgan fingerprint density at radius 2 is 1.73 bits per heavy atom. The molecule has 1 fully saturated rings. The predicted octanol–water partition coefficient (Wildman–Crippen LogP) is 2.71. The maximum absolute atomic E-state index is 13.2. The number of aryl methyl sites for hydroxylation is 2. The number of nitrogens with zero attached hydrogens (tertiary/aromatic N) is 3. The lowest BCUT2D eigenvalue weighted by Crippen LogP contribution is -2.31. The van der Waals surface area contributed by atoms with E-state index in [0.717, 1.165) is 16.6 Å². The number of para-hydroxylation sites is 3. The molecule has 4 aromatic rings. The van der Waals surface area contributed by atoms with Crippen LogP contribution in [0.15, 0.2) is 53.3 Å². The van der Waals surface area contributed by atoms with Crippen LogP contribution in [0.25, 0.3) is 17.0 Å². The highest BCUT2D eigenvalue weighted by Gasteiger charge is 2.43. The molecular weight excluding hydrogens is 382 g/mol. The van der Waals surface area contributed by atoms with E-state index in [1.54, 1.807) is 19.1 Å². The van der Waals surface area contributed by atoms with Crippen molar-refractivity contribution in [2.75, 3.05) is 4.90 Å². The molecule has 8 nitrogen and oxygen atoms in total. The molecule has 0 unspecified atom stereocenters. The molecule has 1 aliphatic heterocycles. The number of hydrogen-bond donors (Lipinski definition) is 2. The quantitative estimate of drug-likeness (QED) is 0.515. The smallest absolute Gasteiger partial charge is 0.278 e. The topological polar surface area (TPSA) is 104 Å². The van der Waals surface area contributed by atoms with E-state index in [9.17, 15) is 14.4 Å². The second-order valence-corrected chi connectivity index (χ2v) is 7.48. The van der Waals surface area contributed by atoms with E-state index in [0.29, 0.717) is 22.9 Å². The maximum Gasteiger partial charge on any atom is 0.278 e. The Labute approximate surface area is 171 Å². The number of amides is 2. The molecule has 0 saturated carbocycles. The fourth-order valence-corrected chi connectivity index (χ4v) is 4.09. The number of carbonyl (C=O) groups excluding carboxylic acids is 2. The highest BCUT2D eigenvalue weighted by Crippen LogP contribution is 2.34. The van der Waals surface area contributed by atoms with E-state index in [4.69, 9.17) is 0 Å². The summed E-state index contributed by atoms with van der Waals surface area (Å²) in [6.07, 6.45) is -0.0404. The van der Waals surface area contributed by atoms with E-state index < -0.39 is 5.92 Å². The molecule has 0 aliphatic carbocycles. The van der Waals surface area contributed by atoms with Crippen LogP contribution in [-0.4, -0.2) is 31.6 Å². The molecule has 1 saturated heterocycles. The monoisotopic (exact) mass is 401 g/mol. The average molecular weight is 401 g/mol. The number of H-pyrrole nitrogens is 2. The molecular formula is C22H19N5O3. The minimum atomic E-state index is -0.827. The summed E-state index contributed by atoms with van der Waals surface area (Å²) in [5, 5.41) is 3.00. The van der Waals surface area contributed by atoms with E-state index in [1.807, 2.05) is 43.3 Å². The molecule has 1 atom stereocenters. The number of benzene rings is 2. The first-order chi connectivity index (χ1) is 14.5. The van der Waals surface area contributed by atoms with Gasteiger partial charge in [-0.2, -0.15) is 4.68 Å². The van der Waals surface area contributed by atoms with Crippen LogP contribution in [0, 0.1) is 13.8 Å². The number of hydrogen-bond acceptors (Lipinski definition) is 4. The third kappa shape index (κ3) is 2.61. The van der Waals surface area contributed by atoms with Crippen molar-refractivity contribution in [3.05, 3.63) is 75.7 Å². The minimum Gasteiger partial charge on any atom is -0.322 e. The van der Waals surface area contributed by atoms with Crippen molar-refractivity contribution in [3.63, 3.8) is 0 Å². The van der Waals surface area contributed by atoms with Crippen LogP contribution in [0.5, 0.6) is 0 Å². The van der Waals surface area contributed by atoms with E-state index in [2.05, 4.69) is 15.1 Å². The largest absolute Gasteiger partial charge is 0.322 e. The van der Waals surface area contributed by atoms with Crippen molar-refractivity contribution in [1.29, 1.82) is 0 Å². The molecule has 2 aromatic heterocycles. The summed E-state index contributed by atoms with van der Waals surface area (Å²) in [7, 11) is 0. The third-order valence-electron chi connectivity index (χ3n) is 5.56. The van der Waals surface area contributed by atoms with Gasteiger partial charge >= 0.3 is 0 Å². The first kappa shape index (κ1) is 18.1. The fraction of sp³-hybridized carbons (Fsp3) is 0.182.